The first-order valence-corrected chi connectivity index (χ1v) is 7.03. The van der Waals surface area contributed by atoms with E-state index in [-0.39, 0.29) is 11.6 Å². The van der Waals surface area contributed by atoms with Crippen molar-refractivity contribution >= 4 is 12.0 Å². The van der Waals surface area contributed by atoms with Crippen LogP contribution in [0.4, 0.5) is 0 Å². The van der Waals surface area contributed by atoms with E-state index in [2.05, 4.69) is 14.3 Å². The van der Waals surface area contributed by atoms with Crippen LogP contribution >= 0.6 is 12.0 Å². The molecule has 0 aromatic carbocycles. The summed E-state index contributed by atoms with van der Waals surface area (Å²) in [6, 6.07) is 0. The molecule has 0 radical (unpaired) electrons. The molecule has 0 saturated heterocycles. The van der Waals surface area contributed by atoms with Gasteiger partial charge in [-0.15, -0.1) is 4.33 Å². The number of hydrogen-bond donors (Lipinski definition) is 3. The molecule has 0 rings (SSSR count). The summed E-state index contributed by atoms with van der Waals surface area (Å²) in [4.78, 5) is 4.55. The minimum absolute atomic E-state index is 0. The first-order chi connectivity index (χ1) is 8.83. The highest BCUT2D eigenvalue weighted by Crippen LogP contribution is 1.95. The minimum Gasteiger partial charge on any atom is -0.412 e. The van der Waals surface area contributed by atoms with E-state index in [0.717, 1.165) is 25.1 Å². The molecule has 9 nitrogen and oxygen atoms in total. The molecule has 0 saturated carbocycles. The van der Waals surface area contributed by atoms with Gasteiger partial charge in [0.1, 0.15) is 6.61 Å². The zero-order valence-corrected chi connectivity index (χ0v) is 13.3. The Kier molecular flexibility index (Phi) is 44.3. The average molecular weight is 321 g/mol. The van der Waals surface area contributed by atoms with Crippen LogP contribution in [0.25, 0.3) is 0 Å². The summed E-state index contributed by atoms with van der Waals surface area (Å²) < 4.78 is 14.4. The Morgan fingerprint density at radius 3 is 1.90 bits per heavy atom. The second kappa shape index (κ2) is 31.4. The molecular formula is C10H31N3O6S. The molecule has 0 unspecified atom stereocenters. The zero-order chi connectivity index (χ0) is 13.9. The van der Waals surface area contributed by atoms with Crippen molar-refractivity contribution in [3.63, 3.8) is 0 Å². The Labute approximate surface area is 125 Å². The highest BCUT2D eigenvalue weighted by atomic mass is 32.2. The lowest BCUT2D eigenvalue weighted by atomic mass is 10.5. The first kappa shape index (κ1) is 28.2. The first-order valence-electron chi connectivity index (χ1n) is 5.88. The smallest absolute Gasteiger partial charge is 0.109 e. The molecule has 0 aliphatic heterocycles. The normalized spacial score (nSPS) is 9.00. The molecule has 10 heteroatoms. The molecule has 20 heavy (non-hydrogen) atoms. The van der Waals surface area contributed by atoms with Crippen LogP contribution in [0.5, 0.6) is 0 Å². The summed E-state index contributed by atoms with van der Waals surface area (Å²) in [5, 5.41) is 4.25. The van der Waals surface area contributed by atoms with Crippen LogP contribution in [0.2, 0.25) is 0 Å². The van der Waals surface area contributed by atoms with Gasteiger partial charge < -0.3 is 32.6 Å². The second-order valence-corrected chi connectivity index (χ2v) is 3.40. The lowest BCUT2D eigenvalue weighted by Crippen LogP contribution is -2.13. The second-order valence-electron chi connectivity index (χ2n) is 2.93. The van der Waals surface area contributed by atoms with Gasteiger partial charge in [0.25, 0.3) is 0 Å². The third kappa shape index (κ3) is 36.1. The van der Waals surface area contributed by atoms with Gasteiger partial charge in [0, 0.05) is 38.0 Å². The van der Waals surface area contributed by atoms with Crippen LogP contribution in [0, 0.1) is 0 Å². The van der Waals surface area contributed by atoms with Crippen molar-refractivity contribution in [2.45, 2.75) is 13.3 Å². The molecule has 9 N–H and O–H groups in total. The fourth-order valence-electron chi connectivity index (χ4n) is 0.690. The van der Waals surface area contributed by atoms with Crippen LogP contribution in [-0.4, -0.2) is 57.9 Å². The van der Waals surface area contributed by atoms with Crippen LogP contribution in [-0.2, 0) is 23.7 Å². The Hall–Kier alpha value is -0.0100. The Balaban J connectivity index is -0.000000126. The average Bonchev–Trinajstić information content (AvgIpc) is 2.39. The Morgan fingerprint density at radius 1 is 0.900 bits per heavy atom. The van der Waals surface area contributed by atoms with Crippen molar-refractivity contribution < 1.29 is 29.2 Å². The van der Waals surface area contributed by atoms with E-state index in [1.807, 2.05) is 6.92 Å². The van der Waals surface area contributed by atoms with Gasteiger partial charge in [0.2, 0.25) is 0 Å². The predicted octanol–water partition coefficient (Wildman–Crippen LogP) is -0.171. The molecular weight excluding hydrogens is 290 g/mol. The van der Waals surface area contributed by atoms with Crippen molar-refractivity contribution in [2.75, 3.05) is 52.4 Å². The quantitative estimate of drug-likeness (QED) is 0.191. The molecule has 0 aliphatic rings. The molecule has 0 spiro atoms. The number of nitrogens with two attached hydrogens (primary N) is 2. The fraction of sp³-hybridized carbons (Fsp3) is 1.00. The molecule has 0 amide bonds. The maximum atomic E-state index is 5.10. The zero-order valence-electron chi connectivity index (χ0n) is 12.5. The third-order valence-electron chi connectivity index (χ3n) is 1.33. The van der Waals surface area contributed by atoms with Gasteiger partial charge in [-0.2, -0.15) is 0 Å². The molecule has 0 atom stereocenters. The van der Waals surface area contributed by atoms with Gasteiger partial charge in [-0.25, -0.2) is 4.89 Å². The molecule has 0 aromatic heterocycles. The maximum Gasteiger partial charge on any atom is 0.109 e. The summed E-state index contributed by atoms with van der Waals surface area (Å²) >= 11 is 1.08. The number of ether oxygens (including phenoxy) is 2. The minimum atomic E-state index is 0. The van der Waals surface area contributed by atoms with Gasteiger partial charge in [-0.1, -0.05) is 12.0 Å². The van der Waals surface area contributed by atoms with Crippen LogP contribution < -0.4 is 17.6 Å². The number of hydrogen-bond acceptors (Lipinski definition) is 9. The molecule has 0 aliphatic carbocycles. The van der Waals surface area contributed by atoms with Crippen LogP contribution in [0.15, 0.2) is 0 Å². The SMILES string of the molecule is CCCOCCOOOSC.N.NCCOCCN.O. The predicted molar refractivity (Wildman–Crippen MR) is 80.3 cm³/mol. The highest BCUT2D eigenvalue weighted by molar-refractivity contribution is 7.93. The monoisotopic (exact) mass is 321 g/mol. The van der Waals surface area contributed by atoms with E-state index in [9.17, 15) is 0 Å². The molecule has 0 aromatic rings. The van der Waals surface area contributed by atoms with E-state index in [0.29, 0.717) is 39.5 Å². The molecule has 0 heterocycles. The van der Waals surface area contributed by atoms with E-state index in [1.165, 1.54) is 0 Å². The Bertz CT molecular complexity index is 128. The van der Waals surface area contributed by atoms with Crippen LogP contribution in [0.1, 0.15) is 13.3 Å². The summed E-state index contributed by atoms with van der Waals surface area (Å²) in [6.45, 7) is 6.14. The van der Waals surface area contributed by atoms with E-state index in [4.69, 9.17) is 20.9 Å². The van der Waals surface area contributed by atoms with Crippen molar-refractivity contribution in [3.8, 4) is 0 Å². The van der Waals surface area contributed by atoms with Crippen molar-refractivity contribution in [1.29, 1.82) is 0 Å². The van der Waals surface area contributed by atoms with Gasteiger partial charge in [-0.05, 0) is 6.42 Å². The highest BCUT2D eigenvalue weighted by Gasteiger charge is 1.89. The fourth-order valence-corrected chi connectivity index (χ4v) is 0.784. The van der Waals surface area contributed by atoms with Crippen LogP contribution in [0.3, 0.4) is 0 Å². The summed E-state index contributed by atoms with van der Waals surface area (Å²) in [7, 11) is 0. The Morgan fingerprint density at radius 2 is 1.45 bits per heavy atom. The largest absolute Gasteiger partial charge is 0.412 e. The van der Waals surface area contributed by atoms with Crippen molar-refractivity contribution in [1.82, 2.24) is 6.15 Å². The van der Waals surface area contributed by atoms with Gasteiger partial charge in [0.05, 0.1) is 19.8 Å². The van der Waals surface area contributed by atoms with Crippen molar-refractivity contribution in [3.05, 3.63) is 0 Å². The summed E-state index contributed by atoms with van der Waals surface area (Å²) in [5.41, 5.74) is 10.2. The molecule has 0 bridgehead atoms. The van der Waals surface area contributed by atoms with Crippen molar-refractivity contribution in [2.24, 2.45) is 11.5 Å². The summed E-state index contributed by atoms with van der Waals surface area (Å²) in [6.07, 6.45) is 2.75. The number of rotatable bonds is 12. The molecule has 128 valence electrons. The lowest BCUT2D eigenvalue weighted by Gasteiger charge is -2.01. The molecule has 0 fully saturated rings. The van der Waals surface area contributed by atoms with Gasteiger partial charge in [0.15, 0.2) is 0 Å². The topological polar surface area (TPSA) is 165 Å². The van der Waals surface area contributed by atoms with Gasteiger partial charge in [-0.3, -0.25) is 0 Å². The van der Waals surface area contributed by atoms with E-state index >= 15 is 0 Å². The summed E-state index contributed by atoms with van der Waals surface area (Å²) in [5.74, 6) is 0. The van der Waals surface area contributed by atoms with Gasteiger partial charge >= 0.3 is 0 Å². The third-order valence-corrected chi connectivity index (χ3v) is 1.52. The van der Waals surface area contributed by atoms with E-state index < -0.39 is 0 Å². The standard InChI is InChI=1S/C6H14O4S.C4H12N2O.H3N.H2O/c1-3-4-7-5-6-8-9-10-11-2;5-1-3-7-4-2-6;;/h3-6H2,1-2H3;1-6H2;1H3;1H2. The van der Waals surface area contributed by atoms with E-state index in [1.54, 1.807) is 6.26 Å². The lowest BCUT2D eigenvalue weighted by molar-refractivity contribution is -0.461. The maximum absolute atomic E-state index is 5.10.